The van der Waals surface area contributed by atoms with Crippen LogP contribution in [0.2, 0.25) is 10.0 Å². The molecule has 2 aromatic rings. The third-order valence-electron chi connectivity index (χ3n) is 3.35. The molecule has 2 aromatic carbocycles. The van der Waals surface area contributed by atoms with Crippen molar-refractivity contribution in [1.82, 2.24) is 0 Å². The number of carbonyl (C=O) groups excluding carboxylic acids is 2. The fourth-order valence-electron chi connectivity index (χ4n) is 2.14. The van der Waals surface area contributed by atoms with E-state index in [0.29, 0.717) is 27.0 Å². The summed E-state index contributed by atoms with van der Waals surface area (Å²) in [6.45, 7) is 1.84. The highest BCUT2D eigenvalue weighted by molar-refractivity contribution is 8.00. The Morgan fingerprint density at radius 2 is 2.00 bits per heavy atom. The van der Waals surface area contributed by atoms with Gasteiger partial charge in [-0.05, 0) is 43.3 Å². The normalized spacial score (nSPS) is 16.5. The second-order valence-corrected chi connectivity index (χ2v) is 7.26. The molecule has 1 aliphatic rings. The summed E-state index contributed by atoms with van der Waals surface area (Å²) in [5.74, 6) is -0.379. The van der Waals surface area contributed by atoms with Crippen LogP contribution in [0.4, 0.5) is 11.4 Å². The number of thioether (sulfide) groups is 1. The van der Waals surface area contributed by atoms with E-state index in [9.17, 15) is 9.59 Å². The van der Waals surface area contributed by atoms with Gasteiger partial charge in [-0.3, -0.25) is 9.59 Å². The number of amides is 2. The number of hydrogen-bond acceptors (Lipinski definition) is 3. The third-order valence-corrected chi connectivity index (χ3v) is 5.08. The zero-order valence-electron chi connectivity index (χ0n) is 12.0. The molecule has 0 radical (unpaired) electrons. The molecular weight excluding hydrogens is 355 g/mol. The van der Waals surface area contributed by atoms with Gasteiger partial charge >= 0.3 is 0 Å². The highest BCUT2D eigenvalue weighted by atomic mass is 35.5. The number of rotatable bonds is 2. The molecule has 4 nitrogen and oxygen atoms in total. The van der Waals surface area contributed by atoms with E-state index in [2.05, 4.69) is 10.6 Å². The number of hydrogen-bond donors (Lipinski definition) is 2. The lowest BCUT2D eigenvalue weighted by atomic mass is 10.1. The van der Waals surface area contributed by atoms with Crippen molar-refractivity contribution < 1.29 is 9.59 Å². The Morgan fingerprint density at radius 1 is 1.22 bits per heavy atom. The molecule has 0 spiro atoms. The Balaban J connectivity index is 1.83. The predicted octanol–water partition coefficient (Wildman–Crippen LogP) is 4.68. The second kappa shape index (κ2) is 6.43. The van der Waals surface area contributed by atoms with E-state index >= 15 is 0 Å². The van der Waals surface area contributed by atoms with Crippen molar-refractivity contribution >= 4 is 58.2 Å². The van der Waals surface area contributed by atoms with Crippen molar-refractivity contribution in [3.8, 4) is 0 Å². The first kappa shape index (κ1) is 16.2. The second-order valence-electron chi connectivity index (χ2n) is 5.04. The van der Waals surface area contributed by atoms with Crippen molar-refractivity contribution in [1.29, 1.82) is 0 Å². The standard InChI is InChI=1S/C16H12Cl2N2O2S/c1-8-15(21)20-13-6-9(2-5-14(13)23-8)16(22)19-12-4-3-10(17)7-11(12)18/h2-8H,1H3,(H,19,22)(H,20,21). The van der Waals surface area contributed by atoms with Gasteiger partial charge in [0.2, 0.25) is 5.91 Å². The topological polar surface area (TPSA) is 58.2 Å². The average Bonchev–Trinajstić information content (AvgIpc) is 2.50. The maximum absolute atomic E-state index is 12.4. The van der Waals surface area contributed by atoms with Gasteiger partial charge in [-0.1, -0.05) is 23.2 Å². The van der Waals surface area contributed by atoms with Crippen LogP contribution >= 0.6 is 35.0 Å². The van der Waals surface area contributed by atoms with E-state index in [0.717, 1.165) is 4.90 Å². The Labute approximate surface area is 147 Å². The van der Waals surface area contributed by atoms with Crippen LogP contribution in [0, 0.1) is 0 Å². The minimum Gasteiger partial charge on any atom is -0.324 e. The van der Waals surface area contributed by atoms with Crippen LogP contribution in [0.25, 0.3) is 0 Å². The molecular formula is C16H12Cl2N2O2S. The number of anilines is 2. The van der Waals surface area contributed by atoms with Crippen molar-refractivity contribution in [3.05, 3.63) is 52.0 Å². The number of fused-ring (bicyclic) bond motifs is 1. The maximum Gasteiger partial charge on any atom is 0.255 e. The fourth-order valence-corrected chi connectivity index (χ4v) is 3.52. The average molecular weight is 367 g/mol. The molecule has 118 valence electrons. The first-order valence-corrected chi connectivity index (χ1v) is 8.45. The zero-order chi connectivity index (χ0) is 16.6. The van der Waals surface area contributed by atoms with Gasteiger partial charge in [-0.25, -0.2) is 0 Å². The maximum atomic E-state index is 12.4. The molecule has 0 saturated carbocycles. The van der Waals surface area contributed by atoms with E-state index in [1.54, 1.807) is 30.3 Å². The molecule has 2 N–H and O–H groups in total. The lowest BCUT2D eigenvalue weighted by molar-refractivity contribution is -0.115. The molecule has 7 heteroatoms. The monoisotopic (exact) mass is 366 g/mol. The zero-order valence-corrected chi connectivity index (χ0v) is 14.4. The lowest BCUT2D eigenvalue weighted by Gasteiger charge is -2.21. The Bertz CT molecular complexity index is 811. The van der Waals surface area contributed by atoms with Crippen molar-refractivity contribution in [2.45, 2.75) is 17.1 Å². The highest BCUT2D eigenvalue weighted by Gasteiger charge is 2.23. The summed E-state index contributed by atoms with van der Waals surface area (Å²) in [7, 11) is 0. The van der Waals surface area contributed by atoms with Crippen molar-refractivity contribution in [2.75, 3.05) is 10.6 Å². The Morgan fingerprint density at radius 3 is 2.74 bits per heavy atom. The van der Waals surface area contributed by atoms with Crippen LogP contribution in [-0.4, -0.2) is 17.1 Å². The van der Waals surface area contributed by atoms with Gasteiger partial charge in [0.05, 0.1) is 21.6 Å². The van der Waals surface area contributed by atoms with Gasteiger partial charge in [-0.2, -0.15) is 0 Å². The molecule has 1 unspecified atom stereocenters. The van der Waals surface area contributed by atoms with Gasteiger partial charge < -0.3 is 10.6 Å². The van der Waals surface area contributed by atoms with Gasteiger partial charge in [-0.15, -0.1) is 11.8 Å². The molecule has 1 heterocycles. The summed E-state index contributed by atoms with van der Waals surface area (Å²) in [5.41, 5.74) is 1.56. The lowest BCUT2D eigenvalue weighted by Crippen LogP contribution is -2.26. The van der Waals surface area contributed by atoms with Gasteiger partial charge in [0.15, 0.2) is 0 Å². The predicted molar refractivity (Wildman–Crippen MR) is 94.8 cm³/mol. The van der Waals surface area contributed by atoms with Crippen LogP contribution in [-0.2, 0) is 4.79 Å². The molecule has 0 aromatic heterocycles. The molecule has 0 saturated heterocycles. The van der Waals surface area contributed by atoms with Gasteiger partial charge in [0.25, 0.3) is 5.91 Å². The van der Waals surface area contributed by atoms with Crippen LogP contribution < -0.4 is 10.6 Å². The summed E-state index contributed by atoms with van der Waals surface area (Å²) >= 11 is 13.4. The van der Waals surface area contributed by atoms with E-state index < -0.39 is 0 Å². The SMILES string of the molecule is CC1Sc2ccc(C(=O)Nc3ccc(Cl)cc3Cl)cc2NC1=O. The van der Waals surface area contributed by atoms with Gasteiger partial charge in [0, 0.05) is 15.5 Å². The molecule has 0 bridgehead atoms. The van der Waals surface area contributed by atoms with Gasteiger partial charge in [0.1, 0.15) is 0 Å². The summed E-state index contributed by atoms with van der Waals surface area (Å²) < 4.78 is 0. The summed E-state index contributed by atoms with van der Waals surface area (Å²) in [6, 6.07) is 10.0. The number of halogens is 2. The quantitative estimate of drug-likeness (QED) is 0.811. The molecule has 23 heavy (non-hydrogen) atoms. The fraction of sp³-hybridized carbons (Fsp3) is 0.125. The Kier molecular flexibility index (Phi) is 4.53. The number of benzene rings is 2. The van der Waals surface area contributed by atoms with Crippen LogP contribution in [0.15, 0.2) is 41.3 Å². The number of nitrogens with one attached hydrogen (secondary N) is 2. The smallest absolute Gasteiger partial charge is 0.255 e. The van der Waals surface area contributed by atoms with Crippen LogP contribution in [0.3, 0.4) is 0 Å². The van der Waals surface area contributed by atoms with E-state index in [1.165, 1.54) is 11.8 Å². The van der Waals surface area contributed by atoms with Crippen LogP contribution in [0.5, 0.6) is 0 Å². The van der Waals surface area contributed by atoms with Crippen molar-refractivity contribution in [2.24, 2.45) is 0 Å². The first-order chi connectivity index (χ1) is 10.9. The minimum absolute atomic E-state index is 0.0687. The summed E-state index contributed by atoms with van der Waals surface area (Å²) in [6.07, 6.45) is 0. The molecule has 3 rings (SSSR count). The summed E-state index contributed by atoms with van der Waals surface area (Å²) in [5, 5.41) is 6.25. The molecule has 0 aliphatic carbocycles. The van der Waals surface area contributed by atoms with E-state index in [1.807, 2.05) is 13.0 Å². The minimum atomic E-state index is -0.310. The molecule has 0 fully saturated rings. The highest BCUT2D eigenvalue weighted by Crippen LogP contribution is 2.36. The Hall–Kier alpha value is -1.69. The summed E-state index contributed by atoms with van der Waals surface area (Å²) in [4.78, 5) is 25.0. The van der Waals surface area contributed by atoms with Crippen molar-refractivity contribution in [3.63, 3.8) is 0 Å². The molecule has 1 atom stereocenters. The van der Waals surface area contributed by atoms with Crippen LogP contribution in [0.1, 0.15) is 17.3 Å². The third kappa shape index (κ3) is 3.47. The molecule has 2 amide bonds. The largest absolute Gasteiger partial charge is 0.324 e. The first-order valence-electron chi connectivity index (χ1n) is 6.82. The van der Waals surface area contributed by atoms with E-state index in [-0.39, 0.29) is 17.1 Å². The number of carbonyl (C=O) groups is 2. The molecule has 1 aliphatic heterocycles. The van der Waals surface area contributed by atoms with E-state index in [4.69, 9.17) is 23.2 Å².